The highest BCUT2D eigenvalue weighted by molar-refractivity contribution is 9.10. The zero-order chi connectivity index (χ0) is 83.8. The number of piperidine rings is 3. The van der Waals surface area contributed by atoms with Gasteiger partial charge in [-0.1, -0.05) is 34.1 Å². The molecule has 15 heterocycles. The van der Waals surface area contributed by atoms with E-state index in [1.165, 1.54) is 26.7 Å². The maximum Gasteiger partial charge on any atom is 0.320 e. The van der Waals surface area contributed by atoms with Crippen molar-refractivity contribution >= 4 is 175 Å². The van der Waals surface area contributed by atoms with Crippen molar-refractivity contribution < 1.29 is 52.7 Å². The third-order valence-corrected chi connectivity index (χ3v) is 24.7. The van der Waals surface area contributed by atoms with Gasteiger partial charge in [0, 0.05) is 215 Å². The molecule has 0 radical (unpaired) electrons. The summed E-state index contributed by atoms with van der Waals surface area (Å²) >= 11 is 3.67. The van der Waals surface area contributed by atoms with Crippen LogP contribution in [0, 0.1) is 0 Å². The summed E-state index contributed by atoms with van der Waals surface area (Å²) in [5.41, 5.74) is 26.2. The van der Waals surface area contributed by atoms with E-state index in [-0.39, 0.29) is 83.9 Å². The number of urea groups is 3. The Bertz CT molecular complexity index is 6270. The smallest absolute Gasteiger partial charge is 0.320 e. The van der Waals surface area contributed by atoms with E-state index in [4.69, 9.17) is 5.73 Å². The third-order valence-electron chi connectivity index (χ3n) is 24.3. The molecule has 0 atom stereocenters. The van der Waals surface area contributed by atoms with Crippen LogP contribution in [0.25, 0.3) is 83.1 Å². The molecule has 3 fully saturated rings. The summed E-state index contributed by atoms with van der Waals surface area (Å²) in [6.45, 7) is 12.3. The predicted octanol–water partition coefficient (Wildman–Crippen LogP) is 12.3. The number of anilines is 2. The highest BCUT2D eigenvalue weighted by atomic mass is 79.9. The van der Waals surface area contributed by atoms with Gasteiger partial charge in [0.1, 0.15) is 16.9 Å². The summed E-state index contributed by atoms with van der Waals surface area (Å²) in [5, 5.41) is 5.39. The largest absolute Gasteiger partial charge is 0.399 e. The number of imidazole rings is 3. The van der Waals surface area contributed by atoms with E-state index in [1.54, 1.807) is 18.6 Å². The lowest BCUT2D eigenvalue weighted by Crippen LogP contribution is -2.45. The first-order valence-electron chi connectivity index (χ1n) is 41.3. The maximum absolute atomic E-state index is 13.5. The number of amides is 8. The average molecular weight is 1690 g/mol. The fourth-order valence-corrected chi connectivity index (χ4v) is 19.6. The van der Waals surface area contributed by atoms with E-state index in [2.05, 4.69) is 61.7 Å². The first-order chi connectivity index (χ1) is 58.6. The molecule has 9 aromatic heterocycles. The normalized spacial score (nSPS) is 17.6. The van der Waals surface area contributed by atoms with Crippen molar-refractivity contribution in [3.8, 4) is 0 Å². The van der Waals surface area contributed by atoms with Crippen LogP contribution in [0.15, 0.2) is 151 Å². The van der Waals surface area contributed by atoms with Crippen LogP contribution in [0.4, 0.5) is 25.8 Å². The summed E-state index contributed by atoms with van der Waals surface area (Å²) in [7, 11) is 0. The number of rotatable bonds is 7. The second kappa shape index (κ2) is 32.4. The lowest BCUT2D eigenvalue weighted by molar-refractivity contribution is -0.121. The molecule has 0 bridgehead atoms. The molecule has 30 heteroatoms. The number of carbonyl (C=O) groups excluding carboxylic acids is 11. The van der Waals surface area contributed by atoms with E-state index in [9.17, 15) is 52.7 Å². The molecule has 29 nitrogen and oxygen atoms in total. The summed E-state index contributed by atoms with van der Waals surface area (Å²) in [5.74, 6) is -1.78. The van der Waals surface area contributed by atoms with Crippen LogP contribution < -0.4 is 16.8 Å². The first-order valence-corrected chi connectivity index (χ1v) is 42.1. The molecule has 0 saturated carbocycles. The number of aromatic nitrogens is 9. The van der Waals surface area contributed by atoms with Gasteiger partial charge >= 0.3 is 18.1 Å². The number of carbonyl (C=O) groups is 11. The molecule has 8 amide bonds. The van der Waals surface area contributed by atoms with Gasteiger partial charge in [-0.2, -0.15) is 0 Å². The van der Waals surface area contributed by atoms with E-state index >= 15 is 0 Å². The first kappa shape index (κ1) is 78.8. The van der Waals surface area contributed by atoms with Crippen molar-refractivity contribution in [1.82, 2.24) is 71.3 Å². The minimum absolute atomic E-state index is 0.0305. The number of nitrogens with two attached hydrogens (primary N) is 2. The molecule has 121 heavy (non-hydrogen) atoms. The van der Waals surface area contributed by atoms with Gasteiger partial charge in [-0.3, -0.25) is 51.6 Å². The lowest BCUT2D eigenvalue weighted by Gasteiger charge is -2.32. The van der Waals surface area contributed by atoms with Gasteiger partial charge in [0.15, 0.2) is 34.7 Å². The van der Waals surface area contributed by atoms with Crippen LogP contribution in [0.3, 0.4) is 0 Å². The number of likely N-dealkylation sites (tertiary alicyclic amines) is 3. The van der Waals surface area contributed by atoms with Crippen LogP contribution >= 0.6 is 15.9 Å². The Hall–Kier alpha value is -13.4. The summed E-state index contributed by atoms with van der Waals surface area (Å²) in [4.78, 5) is 166. The molecule has 3 saturated heterocycles. The Balaban J connectivity index is 0.000000122. The molecule has 0 spiro atoms. The molecular weight excluding hydrogens is 1600 g/mol. The number of allylic oxidation sites excluding steroid dienone is 6. The van der Waals surface area contributed by atoms with Crippen molar-refractivity contribution in [1.29, 1.82) is 0 Å². The second-order valence-electron chi connectivity index (χ2n) is 32.4. The number of hydrogen-bond acceptors (Lipinski definition) is 15. The van der Waals surface area contributed by atoms with Crippen molar-refractivity contribution in [2.24, 2.45) is 5.73 Å². The van der Waals surface area contributed by atoms with Gasteiger partial charge in [-0.05, 0) is 147 Å². The number of primary amides is 1. The van der Waals surface area contributed by atoms with Crippen LogP contribution in [0.1, 0.15) is 141 Å². The summed E-state index contributed by atoms with van der Waals surface area (Å²) < 4.78 is 12.7. The van der Waals surface area contributed by atoms with Gasteiger partial charge in [0.05, 0.1) is 88.2 Å². The molecule has 5 N–H and O–H groups in total. The number of nitrogen functional groups attached to an aromatic ring is 1. The molecule has 3 aliphatic carbocycles. The Labute approximate surface area is 702 Å². The van der Waals surface area contributed by atoms with E-state index in [0.29, 0.717) is 143 Å². The average Bonchev–Trinajstić information content (AvgIpc) is 1.59. The Morgan fingerprint density at radius 1 is 0.380 bits per heavy atom. The number of fused-ring (bicyclic) bond motifs is 3. The van der Waals surface area contributed by atoms with Gasteiger partial charge in [-0.15, -0.1) is 0 Å². The zero-order valence-electron chi connectivity index (χ0n) is 67.2. The number of Topliss-reactive ketones (excluding diaryl/α,β-unsaturated/α-hetero) is 6. The highest BCUT2D eigenvalue weighted by Gasteiger charge is 2.41. The SMILES string of the molecule is CC(=O)Nc1cc2c3c(c1)c(C1=C(c4cnc5ccccn45)C(=O)CC1=O)cn3CCN(C(=O)N1CCCCC1)C2.CC(N)=O.Nc1cc2c3c(c1)c(C1=C(c4cnc5ccccn45)C(=O)CC1=O)cn3CCN(C(=O)N1CCCCC1)C2.O=C1CC(=O)C(c2cnc3ccccn23)=C1c1cn2c3c(cc(Br)cc13)CN(C(=O)N1CCCCC1)CC2. The van der Waals surface area contributed by atoms with Gasteiger partial charge in [0.2, 0.25) is 11.8 Å². The summed E-state index contributed by atoms with van der Waals surface area (Å²) in [6.07, 6.45) is 25.6. The molecule has 12 aromatic rings. The van der Waals surface area contributed by atoms with Crippen LogP contribution in [-0.2, 0) is 77.6 Å². The fraction of sp³-hybridized carbons (Fsp3) is 0.319. The Morgan fingerprint density at radius 2 is 0.702 bits per heavy atom. The fourth-order valence-electron chi connectivity index (χ4n) is 19.0. The van der Waals surface area contributed by atoms with Crippen molar-refractivity contribution in [2.45, 2.75) is 130 Å². The number of pyridine rings is 3. The molecule has 3 aromatic carbocycles. The van der Waals surface area contributed by atoms with E-state index in [0.717, 1.165) is 149 Å². The maximum atomic E-state index is 13.5. The van der Waals surface area contributed by atoms with Gasteiger partial charge in [0.25, 0.3) is 0 Å². The van der Waals surface area contributed by atoms with Crippen LogP contribution in [0.5, 0.6) is 0 Å². The van der Waals surface area contributed by atoms with Crippen molar-refractivity contribution in [2.75, 3.05) is 70.0 Å². The molecule has 21 rings (SSSR count). The number of nitrogens with one attached hydrogen (secondary N) is 1. The topological polar surface area (TPSA) is 338 Å². The van der Waals surface area contributed by atoms with E-state index < -0.39 is 0 Å². The standard InChI is InChI=1S/C31H30N6O4.C29H26BrN5O3.C29H28N6O3.C2H5NO/c1-19(38)33-21-13-20-17-36(31(41)34-8-4-2-5-9-34)12-11-35-18-23(22(14-21)30(20)35)28-25(39)15-26(40)29(28)24-16-32-27-7-3-6-10-37(24)27;2*30-19-12-18-16-34(29(38)32-7-3-1-4-8-32)11-10-33-17-21(20(13-19)28(18)33)26-23(36)14-24(37)27(26)22-15-31-25-6-2-5-9-35(22)25;1-2(3)4/h3,6-7,10,13-14,16,18H,2,4-5,8-9,11-12,15,17H2,1H3,(H,33,38);2,5-6,9,12-13,15,17H,1,3-4,7-8,10-11,14,16H2;2,5-6,9,12-13,15,17H,1,3-4,7-8,10-11,14,16,30H2;1H3,(H2,3,4). The molecular formula is C91H89BrN18O11. The van der Waals surface area contributed by atoms with Crippen LogP contribution in [0.2, 0.25) is 0 Å². The summed E-state index contributed by atoms with van der Waals surface area (Å²) in [6, 6.07) is 28.7. The minimum Gasteiger partial charge on any atom is -0.399 e. The monoisotopic (exact) mass is 1690 g/mol. The number of halogens is 1. The second-order valence-corrected chi connectivity index (χ2v) is 33.3. The molecule has 0 unspecified atom stereocenters. The van der Waals surface area contributed by atoms with Gasteiger partial charge in [-0.25, -0.2) is 29.3 Å². The molecule has 616 valence electrons. The van der Waals surface area contributed by atoms with E-state index in [1.807, 2.05) is 165 Å². The zero-order valence-corrected chi connectivity index (χ0v) is 68.8. The Kier molecular flexibility index (Phi) is 21.1. The minimum atomic E-state index is -0.333. The molecule has 6 aliphatic heterocycles. The quantitative estimate of drug-likeness (QED) is 0.0986. The number of hydrogen-bond donors (Lipinski definition) is 3. The lowest BCUT2D eigenvalue weighted by atomic mass is 9.97. The number of nitrogens with zero attached hydrogens (tertiary/aromatic N) is 15. The predicted molar refractivity (Wildman–Crippen MR) is 461 cm³/mol. The van der Waals surface area contributed by atoms with Crippen molar-refractivity contribution in [3.63, 3.8) is 0 Å². The molecule has 9 aliphatic rings. The number of ketones is 6. The van der Waals surface area contributed by atoms with Crippen molar-refractivity contribution in [3.05, 3.63) is 202 Å². The third kappa shape index (κ3) is 14.7. The highest BCUT2D eigenvalue weighted by Crippen LogP contribution is 2.46. The van der Waals surface area contributed by atoms with Crippen LogP contribution in [-0.4, -0.2) is 195 Å². The Morgan fingerprint density at radius 3 is 1.06 bits per heavy atom. The van der Waals surface area contributed by atoms with Gasteiger partial charge < -0.3 is 59.9 Å². The number of benzene rings is 3.